The SMILES string of the molecule is CN1CCN(Cc2nc(-c3ccc(S(C)(=O)=O)cc3)no2)CC1=O. The van der Waals surface area contributed by atoms with Gasteiger partial charge in [-0.1, -0.05) is 5.16 Å². The van der Waals surface area contributed by atoms with Gasteiger partial charge in [-0.05, 0) is 24.3 Å². The van der Waals surface area contributed by atoms with E-state index in [1.54, 1.807) is 24.1 Å². The van der Waals surface area contributed by atoms with Gasteiger partial charge in [-0.25, -0.2) is 8.42 Å². The molecule has 24 heavy (non-hydrogen) atoms. The summed E-state index contributed by atoms with van der Waals surface area (Å²) in [6.07, 6.45) is 1.16. The highest BCUT2D eigenvalue weighted by Crippen LogP contribution is 2.19. The van der Waals surface area contributed by atoms with Crippen molar-refractivity contribution in [2.75, 3.05) is 32.9 Å². The quantitative estimate of drug-likeness (QED) is 0.788. The molecule has 0 unspecified atom stereocenters. The zero-order valence-electron chi connectivity index (χ0n) is 13.5. The predicted molar refractivity (Wildman–Crippen MR) is 85.8 cm³/mol. The van der Waals surface area contributed by atoms with Gasteiger partial charge in [0.15, 0.2) is 9.84 Å². The van der Waals surface area contributed by atoms with Gasteiger partial charge in [0.2, 0.25) is 17.6 Å². The molecule has 1 aromatic heterocycles. The molecule has 0 saturated carbocycles. The van der Waals surface area contributed by atoms with E-state index in [2.05, 4.69) is 10.1 Å². The van der Waals surface area contributed by atoms with Gasteiger partial charge >= 0.3 is 0 Å². The molecule has 1 aliphatic heterocycles. The maximum absolute atomic E-state index is 11.7. The molecule has 0 radical (unpaired) electrons. The molecule has 0 spiro atoms. The van der Waals surface area contributed by atoms with E-state index in [0.717, 1.165) is 12.8 Å². The molecule has 128 valence electrons. The number of likely N-dealkylation sites (N-methyl/N-ethyl adjacent to an activating group) is 1. The number of rotatable bonds is 4. The van der Waals surface area contributed by atoms with E-state index in [1.807, 2.05) is 4.90 Å². The van der Waals surface area contributed by atoms with Crippen molar-refractivity contribution in [3.63, 3.8) is 0 Å². The summed E-state index contributed by atoms with van der Waals surface area (Å²) in [5.41, 5.74) is 0.673. The number of aromatic nitrogens is 2. The van der Waals surface area contributed by atoms with E-state index in [1.165, 1.54) is 12.1 Å². The standard InChI is InChI=1S/C15H18N4O4S/c1-18-7-8-19(10-14(18)20)9-13-16-15(17-23-13)11-3-5-12(6-4-11)24(2,21)22/h3-6H,7-10H2,1-2H3. The van der Waals surface area contributed by atoms with Crippen molar-refractivity contribution in [2.45, 2.75) is 11.4 Å². The zero-order valence-corrected chi connectivity index (χ0v) is 14.3. The third-order valence-corrected chi connectivity index (χ3v) is 5.03. The smallest absolute Gasteiger partial charge is 0.241 e. The third kappa shape index (κ3) is 3.62. The highest BCUT2D eigenvalue weighted by atomic mass is 32.2. The van der Waals surface area contributed by atoms with Crippen molar-refractivity contribution >= 4 is 15.7 Å². The number of nitrogens with zero attached hydrogens (tertiary/aromatic N) is 4. The summed E-state index contributed by atoms with van der Waals surface area (Å²) in [4.78, 5) is 19.9. The lowest BCUT2D eigenvalue weighted by Crippen LogP contribution is -2.48. The van der Waals surface area contributed by atoms with Gasteiger partial charge in [0.25, 0.3) is 0 Å². The molecule has 2 aromatic rings. The Bertz CT molecular complexity index is 845. The summed E-state index contributed by atoms with van der Waals surface area (Å²) in [7, 11) is -1.45. The van der Waals surface area contributed by atoms with Crippen LogP contribution < -0.4 is 0 Å². The summed E-state index contributed by atoms with van der Waals surface area (Å²) in [5.74, 6) is 0.886. The van der Waals surface area contributed by atoms with Gasteiger partial charge in [0.05, 0.1) is 18.0 Å². The van der Waals surface area contributed by atoms with Gasteiger partial charge in [0.1, 0.15) is 0 Å². The summed E-state index contributed by atoms with van der Waals surface area (Å²) in [6.45, 7) is 2.17. The van der Waals surface area contributed by atoms with Crippen molar-refractivity contribution in [3.8, 4) is 11.4 Å². The Morgan fingerprint density at radius 2 is 1.92 bits per heavy atom. The minimum Gasteiger partial charge on any atom is -0.343 e. The van der Waals surface area contributed by atoms with E-state index < -0.39 is 9.84 Å². The normalized spacial score (nSPS) is 16.6. The minimum absolute atomic E-state index is 0.0670. The number of hydrogen-bond acceptors (Lipinski definition) is 7. The van der Waals surface area contributed by atoms with Gasteiger partial charge in [-0.2, -0.15) is 4.98 Å². The molecule has 0 bridgehead atoms. The first-order valence-electron chi connectivity index (χ1n) is 7.42. The van der Waals surface area contributed by atoms with E-state index in [0.29, 0.717) is 36.9 Å². The Kier molecular flexibility index (Phi) is 4.37. The Labute approximate surface area is 140 Å². The van der Waals surface area contributed by atoms with Crippen LogP contribution in [-0.4, -0.2) is 67.2 Å². The number of amides is 1. The van der Waals surface area contributed by atoms with Crippen LogP contribution in [0.15, 0.2) is 33.7 Å². The first kappa shape index (κ1) is 16.6. The zero-order chi connectivity index (χ0) is 17.3. The third-order valence-electron chi connectivity index (χ3n) is 3.90. The molecule has 2 heterocycles. The Hall–Kier alpha value is -2.26. The second kappa shape index (κ2) is 6.33. The van der Waals surface area contributed by atoms with Crippen molar-refractivity contribution in [1.82, 2.24) is 19.9 Å². The molecular weight excluding hydrogens is 332 g/mol. The molecule has 0 aliphatic carbocycles. The number of hydrogen-bond donors (Lipinski definition) is 0. The highest BCUT2D eigenvalue weighted by molar-refractivity contribution is 7.90. The van der Waals surface area contributed by atoms with Crippen LogP contribution in [0.3, 0.4) is 0 Å². The molecule has 1 aliphatic rings. The summed E-state index contributed by atoms with van der Waals surface area (Å²) in [5, 5.41) is 3.92. The van der Waals surface area contributed by atoms with Crippen molar-refractivity contribution in [1.29, 1.82) is 0 Å². The topological polar surface area (TPSA) is 96.6 Å². The predicted octanol–water partition coefficient (Wildman–Crippen LogP) is 0.414. The monoisotopic (exact) mass is 350 g/mol. The van der Waals surface area contributed by atoms with Crippen LogP contribution in [0.5, 0.6) is 0 Å². The fraction of sp³-hybridized carbons (Fsp3) is 0.400. The van der Waals surface area contributed by atoms with Crippen LogP contribution >= 0.6 is 0 Å². The number of carbonyl (C=O) groups excluding carboxylic acids is 1. The van der Waals surface area contributed by atoms with Crippen molar-refractivity contribution < 1.29 is 17.7 Å². The molecule has 0 atom stereocenters. The highest BCUT2D eigenvalue weighted by Gasteiger charge is 2.22. The van der Waals surface area contributed by atoms with Crippen molar-refractivity contribution in [3.05, 3.63) is 30.2 Å². The lowest BCUT2D eigenvalue weighted by atomic mass is 10.2. The molecule has 3 rings (SSSR count). The van der Waals surface area contributed by atoms with Gasteiger partial charge in [0, 0.05) is 32.0 Å². The number of sulfone groups is 1. The van der Waals surface area contributed by atoms with Gasteiger partial charge in [-0.15, -0.1) is 0 Å². The Balaban J connectivity index is 1.70. The molecule has 9 heteroatoms. The second-order valence-corrected chi connectivity index (χ2v) is 7.85. The number of benzene rings is 1. The fourth-order valence-electron chi connectivity index (χ4n) is 2.42. The summed E-state index contributed by atoms with van der Waals surface area (Å²) < 4.78 is 28.2. The lowest BCUT2D eigenvalue weighted by molar-refractivity contribution is -0.134. The molecule has 1 fully saturated rings. The van der Waals surface area contributed by atoms with E-state index in [4.69, 9.17) is 4.52 Å². The average molecular weight is 350 g/mol. The Morgan fingerprint density at radius 1 is 1.21 bits per heavy atom. The largest absolute Gasteiger partial charge is 0.343 e. The number of carbonyl (C=O) groups is 1. The maximum atomic E-state index is 11.7. The minimum atomic E-state index is -3.23. The van der Waals surface area contributed by atoms with E-state index >= 15 is 0 Å². The molecule has 1 saturated heterocycles. The Morgan fingerprint density at radius 3 is 2.54 bits per heavy atom. The molecule has 1 aromatic carbocycles. The van der Waals surface area contributed by atoms with Crippen LogP contribution in [0.2, 0.25) is 0 Å². The van der Waals surface area contributed by atoms with Gasteiger partial charge in [-0.3, -0.25) is 9.69 Å². The van der Waals surface area contributed by atoms with Crippen LogP contribution in [0.1, 0.15) is 5.89 Å². The lowest BCUT2D eigenvalue weighted by Gasteiger charge is -2.30. The molecule has 8 nitrogen and oxygen atoms in total. The molecular formula is C15H18N4O4S. The van der Waals surface area contributed by atoms with E-state index in [-0.39, 0.29) is 10.8 Å². The van der Waals surface area contributed by atoms with E-state index in [9.17, 15) is 13.2 Å². The maximum Gasteiger partial charge on any atom is 0.241 e. The average Bonchev–Trinajstić information content (AvgIpc) is 2.99. The first-order chi connectivity index (χ1) is 11.3. The molecule has 1 amide bonds. The van der Waals surface area contributed by atoms with Crippen LogP contribution in [0.4, 0.5) is 0 Å². The second-order valence-electron chi connectivity index (χ2n) is 5.83. The van der Waals surface area contributed by atoms with Crippen LogP contribution in [0.25, 0.3) is 11.4 Å². The van der Waals surface area contributed by atoms with Crippen molar-refractivity contribution in [2.24, 2.45) is 0 Å². The molecule has 0 N–H and O–H groups in total. The van der Waals surface area contributed by atoms with Gasteiger partial charge < -0.3 is 9.42 Å². The summed E-state index contributed by atoms with van der Waals surface area (Å²) >= 11 is 0. The van der Waals surface area contributed by atoms with Crippen LogP contribution in [-0.2, 0) is 21.2 Å². The number of piperazine rings is 1. The fourth-order valence-corrected chi connectivity index (χ4v) is 3.05. The first-order valence-corrected chi connectivity index (χ1v) is 9.31. The van der Waals surface area contributed by atoms with Crippen LogP contribution in [0, 0.1) is 0 Å². The summed E-state index contributed by atoms with van der Waals surface area (Å²) in [6, 6.07) is 6.31.